The van der Waals surface area contributed by atoms with Crippen molar-refractivity contribution in [1.29, 1.82) is 0 Å². The molecule has 12 heteroatoms. The molecule has 3 rings (SSSR count). The van der Waals surface area contributed by atoms with Crippen LogP contribution in [0.15, 0.2) is 33.6 Å². The smallest absolute Gasteiger partial charge is 0.326 e. The van der Waals surface area contributed by atoms with Crippen LogP contribution in [0.1, 0.15) is 42.0 Å². The number of carboxylic acid groups (broad SMARTS) is 2. The van der Waals surface area contributed by atoms with Crippen LogP contribution in [0.4, 0.5) is 5.95 Å². The minimum absolute atomic E-state index is 0.0213. The third-order valence-corrected chi connectivity index (χ3v) is 4.71. The molecule has 0 aromatic carbocycles. The van der Waals surface area contributed by atoms with Gasteiger partial charge in [0, 0.05) is 25.1 Å². The van der Waals surface area contributed by atoms with Crippen molar-refractivity contribution in [3.8, 4) is 0 Å². The molecule has 164 valence electrons. The normalized spacial score (nSPS) is 13.1. The summed E-state index contributed by atoms with van der Waals surface area (Å²) >= 11 is 0. The molecule has 0 aliphatic heterocycles. The van der Waals surface area contributed by atoms with E-state index in [0.717, 1.165) is 0 Å². The summed E-state index contributed by atoms with van der Waals surface area (Å²) in [5.74, 6) is -3.14. The number of nitrogens with two attached hydrogens (primary N) is 1. The summed E-state index contributed by atoms with van der Waals surface area (Å²) in [6.45, 7) is 2.18. The summed E-state index contributed by atoms with van der Waals surface area (Å²) in [6, 6.07) is 3.33. The first-order chi connectivity index (χ1) is 14.7. The number of aliphatic carboxylic acids is 2. The molecule has 6 N–H and O–H groups in total. The van der Waals surface area contributed by atoms with E-state index in [-0.39, 0.29) is 24.0 Å². The molecular weight excluding hydrogens is 410 g/mol. The predicted octanol–water partition coefficient (Wildman–Crippen LogP) is 0.751. The van der Waals surface area contributed by atoms with E-state index in [1.807, 2.05) is 6.92 Å². The number of aromatic nitrogens is 3. The molecule has 0 saturated heterocycles. The minimum atomic E-state index is -1.35. The van der Waals surface area contributed by atoms with E-state index in [2.05, 4.69) is 15.3 Å². The summed E-state index contributed by atoms with van der Waals surface area (Å²) in [4.78, 5) is 52.9. The molecule has 12 nitrogen and oxygen atoms in total. The number of H-pyrrole nitrogens is 1. The number of nitrogen functional groups attached to an aromatic ring is 1. The first-order valence-electron chi connectivity index (χ1n) is 9.35. The molecule has 0 spiro atoms. The number of carbonyl (C=O) groups is 3. The third kappa shape index (κ3) is 4.91. The van der Waals surface area contributed by atoms with Crippen molar-refractivity contribution in [1.82, 2.24) is 19.9 Å². The quantitative estimate of drug-likeness (QED) is 0.325. The molecular formula is C19H21N5O7. The number of fused-ring (bicyclic) bond motifs is 1. The molecule has 1 amide bonds. The fourth-order valence-electron chi connectivity index (χ4n) is 3.17. The fraction of sp³-hybridized carbons (Fsp3) is 0.316. The molecule has 0 saturated carbocycles. The monoisotopic (exact) mass is 431 g/mol. The third-order valence-electron chi connectivity index (χ3n) is 4.71. The SMILES string of the molecule is CC(Cn1ccc2[nH]c(N)nc(=O)c21)c1ccc(C(=O)N[C@@H](CCC(=O)O)C(=O)O)o1. The van der Waals surface area contributed by atoms with Gasteiger partial charge in [-0.1, -0.05) is 6.92 Å². The Balaban J connectivity index is 1.71. The lowest BCUT2D eigenvalue weighted by molar-refractivity contribution is -0.140. The van der Waals surface area contributed by atoms with Crippen LogP contribution in [0, 0.1) is 0 Å². The largest absolute Gasteiger partial charge is 0.481 e. The Morgan fingerprint density at radius 1 is 1.29 bits per heavy atom. The molecule has 3 aromatic heterocycles. The van der Waals surface area contributed by atoms with Gasteiger partial charge in [-0.3, -0.25) is 14.4 Å². The Hall–Kier alpha value is -4.09. The van der Waals surface area contributed by atoms with Crippen molar-refractivity contribution in [2.45, 2.75) is 38.3 Å². The van der Waals surface area contributed by atoms with E-state index in [4.69, 9.17) is 20.4 Å². The summed E-state index contributed by atoms with van der Waals surface area (Å²) in [5.41, 5.74) is 5.98. The maximum Gasteiger partial charge on any atom is 0.326 e. The van der Waals surface area contributed by atoms with Gasteiger partial charge < -0.3 is 35.2 Å². The van der Waals surface area contributed by atoms with E-state index in [0.29, 0.717) is 23.3 Å². The van der Waals surface area contributed by atoms with Crippen molar-refractivity contribution < 1.29 is 29.0 Å². The van der Waals surface area contributed by atoms with E-state index < -0.39 is 35.9 Å². The van der Waals surface area contributed by atoms with Gasteiger partial charge in [-0.2, -0.15) is 4.98 Å². The Morgan fingerprint density at radius 3 is 2.71 bits per heavy atom. The van der Waals surface area contributed by atoms with Crippen LogP contribution in [-0.4, -0.2) is 48.6 Å². The lowest BCUT2D eigenvalue weighted by Gasteiger charge is -2.13. The number of anilines is 1. The van der Waals surface area contributed by atoms with E-state index in [1.165, 1.54) is 6.07 Å². The first-order valence-corrected chi connectivity index (χ1v) is 9.35. The summed E-state index contributed by atoms with van der Waals surface area (Å²) in [6.07, 6.45) is 1.05. The van der Waals surface area contributed by atoms with Gasteiger partial charge in [-0.25, -0.2) is 4.79 Å². The van der Waals surface area contributed by atoms with Crippen LogP contribution < -0.4 is 16.6 Å². The van der Waals surface area contributed by atoms with Crippen molar-refractivity contribution >= 4 is 34.8 Å². The number of carbonyl (C=O) groups excluding carboxylic acids is 1. The zero-order valence-corrected chi connectivity index (χ0v) is 16.5. The summed E-state index contributed by atoms with van der Waals surface area (Å²) in [7, 11) is 0. The average molecular weight is 431 g/mol. The highest BCUT2D eigenvalue weighted by Gasteiger charge is 2.24. The van der Waals surface area contributed by atoms with Crippen molar-refractivity contribution in [2.75, 3.05) is 5.73 Å². The highest BCUT2D eigenvalue weighted by Crippen LogP contribution is 2.22. The maximum atomic E-state index is 12.3. The number of aromatic amines is 1. The van der Waals surface area contributed by atoms with Crippen LogP contribution >= 0.6 is 0 Å². The van der Waals surface area contributed by atoms with Gasteiger partial charge in [0.15, 0.2) is 5.76 Å². The van der Waals surface area contributed by atoms with Crippen LogP contribution in [-0.2, 0) is 16.1 Å². The standard InChI is InChI=1S/C19H21N5O7/c1-9(8-24-7-6-10-15(24)17(28)23-19(20)22-10)12-3-4-13(31-12)16(27)21-11(18(29)30)2-5-14(25)26/h3-4,6-7,9,11H,2,5,8H2,1H3,(H,21,27)(H,25,26)(H,29,30)(H3,20,22,23,28)/t9?,11-/m0/s1. The number of rotatable bonds is 9. The zero-order valence-electron chi connectivity index (χ0n) is 16.5. The van der Waals surface area contributed by atoms with Crippen molar-refractivity contribution in [3.63, 3.8) is 0 Å². The molecule has 31 heavy (non-hydrogen) atoms. The summed E-state index contributed by atoms with van der Waals surface area (Å²) < 4.78 is 7.26. The average Bonchev–Trinajstić information content (AvgIpc) is 3.32. The molecule has 3 aromatic rings. The topological polar surface area (TPSA) is 194 Å². The van der Waals surface area contributed by atoms with Crippen molar-refractivity contribution in [3.05, 3.63) is 46.3 Å². The molecule has 0 radical (unpaired) electrons. The van der Waals surface area contributed by atoms with Crippen LogP contribution in [0.3, 0.4) is 0 Å². The lowest BCUT2D eigenvalue weighted by Crippen LogP contribution is -2.41. The second-order valence-corrected chi connectivity index (χ2v) is 7.06. The number of hydrogen-bond donors (Lipinski definition) is 5. The van der Waals surface area contributed by atoms with Gasteiger partial charge in [-0.15, -0.1) is 0 Å². The van der Waals surface area contributed by atoms with E-state index in [9.17, 15) is 19.2 Å². The number of hydrogen-bond acceptors (Lipinski definition) is 7. The Kier molecular flexibility index (Phi) is 6.09. The van der Waals surface area contributed by atoms with E-state index >= 15 is 0 Å². The van der Waals surface area contributed by atoms with Gasteiger partial charge >= 0.3 is 11.9 Å². The van der Waals surface area contributed by atoms with E-state index in [1.54, 1.807) is 22.9 Å². The number of nitrogens with one attached hydrogen (secondary N) is 2. The zero-order chi connectivity index (χ0) is 22.7. The van der Waals surface area contributed by atoms with Gasteiger partial charge in [-0.05, 0) is 24.6 Å². The molecule has 2 atom stereocenters. The van der Waals surface area contributed by atoms with Crippen LogP contribution in [0.2, 0.25) is 0 Å². The van der Waals surface area contributed by atoms with Gasteiger partial charge in [0.05, 0.1) is 5.52 Å². The molecule has 0 aliphatic carbocycles. The number of amides is 1. The van der Waals surface area contributed by atoms with Gasteiger partial charge in [0.2, 0.25) is 5.95 Å². The Labute approximate surface area is 174 Å². The molecule has 0 aliphatic rings. The van der Waals surface area contributed by atoms with Crippen molar-refractivity contribution in [2.24, 2.45) is 0 Å². The molecule has 3 heterocycles. The highest BCUT2D eigenvalue weighted by molar-refractivity contribution is 5.94. The first kappa shape index (κ1) is 21.6. The Bertz CT molecular complexity index is 1190. The molecule has 1 unspecified atom stereocenters. The number of nitrogens with zero attached hydrogens (tertiary/aromatic N) is 2. The van der Waals surface area contributed by atoms with Gasteiger partial charge in [0.1, 0.15) is 17.3 Å². The highest BCUT2D eigenvalue weighted by atomic mass is 16.4. The fourth-order valence-corrected chi connectivity index (χ4v) is 3.17. The second kappa shape index (κ2) is 8.73. The van der Waals surface area contributed by atoms with Crippen LogP contribution in [0.25, 0.3) is 11.0 Å². The van der Waals surface area contributed by atoms with Crippen LogP contribution in [0.5, 0.6) is 0 Å². The number of furan rings is 1. The number of carboxylic acids is 2. The molecule has 0 fully saturated rings. The maximum absolute atomic E-state index is 12.3. The minimum Gasteiger partial charge on any atom is -0.481 e. The predicted molar refractivity (Wildman–Crippen MR) is 108 cm³/mol. The van der Waals surface area contributed by atoms with Gasteiger partial charge in [0.25, 0.3) is 11.5 Å². The lowest BCUT2D eigenvalue weighted by atomic mass is 10.1. The second-order valence-electron chi connectivity index (χ2n) is 7.06. The Morgan fingerprint density at radius 2 is 2.03 bits per heavy atom. The molecule has 0 bridgehead atoms. The summed E-state index contributed by atoms with van der Waals surface area (Å²) in [5, 5.41) is 20.1.